The van der Waals surface area contributed by atoms with E-state index in [1.165, 1.54) is 25.7 Å². The molecule has 0 spiro atoms. The van der Waals surface area contributed by atoms with Crippen molar-refractivity contribution in [2.24, 2.45) is 5.92 Å². The highest BCUT2D eigenvalue weighted by atomic mass is 35.5. The Bertz CT molecular complexity index is 552. The van der Waals surface area contributed by atoms with Crippen LogP contribution in [0, 0.1) is 5.92 Å². The van der Waals surface area contributed by atoms with Gasteiger partial charge in [0, 0.05) is 11.9 Å². The van der Waals surface area contributed by atoms with Crippen LogP contribution < -0.4 is 5.32 Å². The third-order valence-corrected chi connectivity index (χ3v) is 3.81. The molecular weight excluding hydrogens is 246 g/mol. The normalized spacial score (nSPS) is 15.6. The molecule has 0 atom stereocenters. The van der Waals surface area contributed by atoms with Gasteiger partial charge in [0.15, 0.2) is 0 Å². The number of nitrogens with zero attached hydrogens (tertiary/aromatic N) is 2. The number of anilines is 1. The predicted octanol–water partition coefficient (Wildman–Crippen LogP) is 3.89. The highest BCUT2D eigenvalue weighted by molar-refractivity contribution is 6.28. The van der Waals surface area contributed by atoms with Gasteiger partial charge in [-0.3, -0.25) is 0 Å². The van der Waals surface area contributed by atoms with E-state index in [1.807, 2.05) is 24.3 Å². The molecule has 3 rings (SSSR count). The number of para-hydroxylation sites is 1. The summed E-state index contributed by atoms with van der Waals surface area (Å²) in [7, 11) is 0. The van der Waals surface area contributed by atoms with Crippen LogP contribution in [0.15, 0.2) is 24.3 Å². The van der Waals surface area contributed by atoms with E-state index in [0.29, 0.717) is 5.28 Å². The monoisotopic (exact) mass is 261 g/mol. The highest BCUT2D eigenvalue weighted by Gasteiger charge is 2.16. The van der Waals surface area contributed by atoms with E-state index in [1.54, 1.807) is 0 Å². The van der Waals surface area contributed by atoms with E-state index in [0.717, 1.165) is 29.2 Å². The number of nitrogens with one attached hydrogen (secondary N) is 1. The van der Waals surface area contributed by atoms with Crippen LogP contribution in [-0.2, 0) is 0 Å². The number of aromatic nitrogens is 2. The second-order valence-corrected chi connectivity index (χ2v) is 5.21. The van der Waals surface area contributed by atoms with Crippen LogP contribution >= 0.6 is 11.6 Å². The van der Waals surface area contributed by atoms with Gasteiger partial charge >= 0.3 is 0 Å². The molecule has 3 nitrogen and oxygen atoms in total. The van der Waals surface area contributed by atoms with Crippen LogP contribution in [-0.4, -0.2) is 16.5 Å². The zero-order chi connectivity index (χ0) is 12.4. The van der Waals surface area contributed by atoms with Gasteiger partial charge in [-0.15, -0.1) is 0 Å². The molecule has 18 heavy (non-hydrogen) atoms. The molecule has 0 radical (unpaired) electrons. The Morgan fingerprint density at radius 2 is 2.06 bits per heavy atom. The molecule has 1 fully saturated rings. The van der Waals surface area contributed by atoms with Crippen molar-refractivity contribution in [2.75, 3.05) is 11.9 Å². The first-order valence-electron chi connectivity index (χ1n) is 6.49. The minimum Gasteiger partial charge on any atom is -0.369 e. The summed E-state index contributed by atoms with van der Waals surface area (Å²) in [6.45, 7) is 0.960. The summed E-state index contributed by atoms with van der Waals surface area (Å²) >= 11 is 5.94. The van der Waals surface area contributed by atoms with Gasteiger partial charge in [0.25, 0.3) is 0 Å². The summed E-state index contributed by atoms with van der Waals surface area (Å²) in [4.78, 5) is 8.51. The Kier molecular flexibility index (Phi) is 3.33. The summed E-state index contributed by atoms with van der Waals surface area (Å²) in [5, 5.41) is 4.73. The fraction of sp³-hybridized carbons (Fsp3) is 0.429. The molecule has 0 unspecified atom stereocenters. The van der Waals surface area contributed by atoms with Crippen molar-refractivity contribution in [3.63, 3.8) is 0 Å². The second kappa shape index (κ2) is 5.11. The van der Waals surface area contributed by atoms with Gasteiger partial charge < -0.3 is 5.32 Å². The zero-order valence-electron chi connectivity index (χ0n) is 10.2. The van der Waals surface area contributed by atoms with Crippen LogP contribution in [0.1, 0.15) is 25.7 Å². The van der Waals surface area contributed by atoms with E-state index in [9.17, 15) is 0 Å². The third-order valence-electron chi connectivity index (χ3n) is 3.65. The summed E-state index contributed by atoms with van der Waals surface area (Å²) < 4.78 is 0. The highest BCUT2D eigenvalue weighted by Crippen LogP contribution is 2.29. The quantitative estimate of drug-likeness (QED) is 0.849. The first kappa shape index (κ1) is 11.7. The number of benzene rings is 1. The Hall–Kier alpha value is -1.35. The molecule has 1 heterocycles. The first-order chi connectivity index (χ1) is 8.83. The van der Waals surface area contributed by atoms with Gasteiger partial charge in [-0.25, -0.2) is 9.97 Å². The van der Waals surface area contributed by atoms with Gasteiger partial charge in [0.2, 0.25) is 5.28 Å². The largest absolute Gasteiger partial charge is 0.369 e. The second-order valence-electron chi connectivity index (χ2n) is 4.87. The van der Waals surface area contributed by atoms with Gasteiger partial charge in [-0.05, 0) is 36.1 Å². The molecule has 1 saturated carbocycles. The Morgan fingerprint density at radius 1 is 1.22 bits per heavy atom. The average Bonchev–Trinajstić information content (AvgIpc) is 2.32. The van der Waals surface area contributed by atoms with Gasteiger partial charge in [0.05, 0.1) is 5.52 Å². The van der Waals surface area contributed by atoms with Crippen LogP contribution in [0.5, 0.6) is 0 Å². The van der Waals surface area contributed by atoms with E-state index in [2.05, 4.69) is 15.3 Å². The molecule has 1 N–H and O–H groups in total. The van der Waals surface area contributed by atoms with Crippen molar-refractivity contribution in [2.45, 2.75) is 25.7 Å². The maximum Gasteiger partial charge on any atom is 0.224 e. The summed E-state index contributed by atoms with van der Waals surface area (Å²) in [5.41, 5.74) is 0.892. The Labute approximate surface area is 112 Å². The van der Waals surface area contributed by atoms with Crippen LogP contribution in [0.4, 0.5) is 5.82 Å². The van der Waals surface area contributed by atoms with Crippen molar-refractivity contribution in [1.29, 1.82) is 0 Å². The van der Waals surface area contributed by atoms with E-state index < -0.39 is 0 Å². The van der Waals surface area contributed by atoms with Crippen LogP contribution in [0.25, 0.3) is 10.9 Å². The van der Waals surface area contributed by atoms with Crippen molar-refractivity contribution in [1.82, 2.24) is 9.97 Å². The molecule has 1 aromatic carbocycles. The van der Waals surface area contributed by atoms with Gasteiger partial charge in [-0.2, -0.15) is 0 Å². The van der Waals surface area contributed by atoms with Crippen molar-refractivity contribution >= 4 is 28.3 Å². The van der Waals surface area contributed by atoms with E-state index in [4.69, 9.17) is 11.6 Å². The number of halogens is 1. The number of hydrogen-bond acceptors (Lipinski definition) is 3. The molecule has 1 aliphatic carbocycles. The van der Waals surface area contributed by atoms with Gasteiger partial charge in [-0.1, -0.05) is 31.4 Å². The van der Waals surface area contributed by atoms with Crippen molar-refractivity contribution < 1.29 is 0 Å². The molecule has 0 bridgehead atoms. The fourth-order valence-electron chi connectivity index (χ4n) is 2.36. The molecule has 4 heteroatoms. The zero-order valence-corrected chi connectivity index (χ0v) is 11.0. The maximum absolute atomic E-state index is 5.94. The lowest BCUT2D eigenvalue weighted by atomic mass is 9.83. The molecule has 0 amide bonds. The first-order valence-corrected chi connectivity index (χ1v) is 6.87. The van der Waals surface area contributed by atoms with Crippen LogP contribution in [0.2, 0.25) is 5.28 Å². The topological polar surface area (TPSA) is 37.8 Å². The number of rotatable bonds is 4. The molecule has 0 aliphatic heterocycles. The van der Waals surface area contributed by atoms with Crippen LogP contribution in [0.3, 0.4) is 0 Å². The van der Waals surface area contributed by atoms with Crippen molar-refractivity contribution in [3.8, 4) is 0 Å². The van der Waals surface area contributed by atoms with E-state index in [-0.39, 0.29) is 0 Å². The summed E-state index contributed by atoms with van der Waals surface area (Å²) in [6, 6.07) is 7.94. The lowest BCUT2D eigenvalue weighted by Gasteiger charge is -2.25. The lowest BCUT2D eigenvalue weighted by molar-refractivity contribution is 0.303. The fourth-order valence-corrected chi connectivity index (χ4v) is 2.53. The minimum absolute atomic E-state index is 0.305. The Balaban J connectivity index is 1.77. The third kappa shape index (κ3) is 2.41. The lowest BCUT2D eigenvalue weighted by Crippen LogP contribution is -2.16. The predicted molar refractivity (Wildman–Crippen MR) is 75.0 cm³/mol. The molecule has 1 aromatic heterocycles. The SMILES string of the molecule is Clc1nc(NCCC2CCC2)c2ccccc2n1. The Morgan fingerprint density at radius 3 is 2.83 bits per heavy atom. The molecule has 94 valence electrons. The summed E-state index contributed by atoms with van der Waals surface area (Å²) in [5.74, 6) is 1.76. The smallest absolute Gasteiger partial charge is 0.224 e. The number of hydrogen-bond donors (Lipinski definition) is 1. The molecule has 0 saturated heterocycles. The summed E-state index contributed by atoms with van der Waals surface area (Å²) in [6.07, 6.45) is 5.38. The molecule has 2 aromatic rings. The standard InChI is InChI=1S/C14H16ClN3/c15-14-17-12-7-2-1-6-11(12)13(18-14)16-9-8-10-4-3-5-10/h1-2,6-7,10H,3-5,8-9H2,(H,16,17,18). The minimum atomic E-state index is 0.305. The number of fused-ring (bicyclic) bond motifs is 1. The average molecular weight is 262 g/mol. The molecular formula is C14H16ClN3. The maximum atomic E-state index is 5.94. The van der Waals surface area contributed by atoms with Gasteiger partial charge in [0.1, 0.15) is 5.82 Å². The molecule has 1 aliphatic rings. The van der Waals surface area contributed by atoms with E-state index >= 15 is 0 Å². The van der Waals surface area contributed by atoms with Crippen molar-refractivity contribution in [3.05, 3.63) is 29.5 Å².